The predicted molar refractivity (Wildman–Crippen MR) is 94.1 cm³/mol. The van der Waals surface area contributed by atoms with Crippen LogP contribution in [-0.2, 0) is 4.84 Å². The van der Waals surface area contributed by atoms with Crippen LogP contribution in [0.15, 0.2) is 29.4 Å². The number of piperidine rings is 1. The summed E-state index contributed by atoms with van der Waals surface area (Å²) in [6, 6.07) is 8.06. The number of fused-ring (bicyclic) bond motifs is 1. The maximum absolute atomic E-state index is 12.7. The number of carbonyl (C=O) groups is 1. The molecule has 7 nitrogen and oxygen atoms in total. The summed E-state index contributed by atoms with van der Waals surface area (Å²) in [4.78, 5) is 23.2. The SMILES string of the molecule is CON=C(c1ccc(N2C[C@@H]3[C@H](N)CCCN3C2=O)cc1)N(C)C. The second-order valence-corrected chi connectivity index (χ2v) is 6.50. The molecule has 2 atom stereocenters. The summed E-state index contributed by atoms with van der Waals surface area (Å²) in [6.45, 7) is 1.46. The van der Waals surface area contributed by atoms with Gasteiger partial charge in [0, 0.05) is 44.5 Å². The molecule has 2 aliphatic heterocycles. The van der Waals surface area contributed by atoms with E-state index in [0.29, 0.717) is 6.54 Å². The Bertz CT molecular complexity index is 628. The summed E-state index contributed by atoms with van der Waals surface area (Å²) in [7, 11) is 5.35. The van der Waals surface area contributed by atoms with Crippen molar-refractivity contribution in [2.24, 2.45) is 10.9 Å². The number of hydrogen-bond donors (Lipinski definition) is 1. The standard InChI is InChI=1S/C17H25N5O2/c1-20(2)16(19-24-3)12-6-8-13(9-7-12)22-11-15-14(18)5-4-10-21(15)17(22)23/h6-9,14-15H,4-5,10-11,18H2,1-3H3/t14-,15-/m1/s1. The molecule has 1 aromatic carbocycles. The van der Waals surface area contributed by atoms with Gasteiger partial charge in [-0.2, -0.15) is 0 Å². The first-order valence-electron chi connectivity index (χ1n) is 8.25. The van der Waals surface area contributed by atoms with E-state index in [1.807, 2.05) is 53.1 Å². The van der Waals surface area contributed by atoms with E-state index in [1.165, 1.54) is 7.11 Å². The van der Waals surface area contributed by atoms with Crippen LogP contribution in [0.4, 0.5) is 10.5 Å². The van der Waals surface area contributed by atoms with Crippen LogP contribution in [0.1, 0.15) is 18.4 Å². The number of hydrogen-bond acceptors (Lipinski definition) is 4. The van der Waals surface area contributed by atoms with E-state index >= 15 is 0 Å². The van der Waals surface area contributed by atoms with Crippen molar-refractivity contribution in [1.82, 2.24) is 9.80 Å². The molecule has 2 amide bonds. The average molecular weight is 331 g/mol. The van der Waals surface area contributed by atoms with Gasteiger partial charge in [-0.15, -0.1) is 0 Å². The maximum Gasteiger partial charge on any atom is 0.324 e. The molecule has 1 aromatic rings. The highest BCUT2D eigenvalue weighted by Gasteiger charge is 2.42. The number of nitrogens with zero attached hydrogens (tertiary/aromatic N) is 4. The van der Waals surface area contributed by atoms with Gasteiger partial charge in [0.25, 0.3) is 0 Å². The van der Waals surface area contributed by atoms with Crippen molar-refractivity contribution in [3.8, 4) is 0 Å². The van der Waals surface area contributed by atoms with Crippen molar-refractivity contribution in [1.29, 1.82) is 0 Å². The Morgan fingerprint density at radius 3 is 2.62 bits per heavy atom. The van der Waals surface area contributed by atoms with E-state index in [9.17, 15) is 4.79 Å². The zero-order valence-electron chi connectivity index (χ0n) is 14.5. The first-order chi connectivity index (χ1) is 11.5. The summed E-state index contributed by atoms with van der Waals surface area (Å²) >= 11 is 0. The molecule has 0 aromatic heterocycles. The molecule has 0 bridgehead atoms. The Labute approximate surface area is 142 Å². The zero-order valence-corrected chi connectivity index (χ0v) is 14.5. The lowest BCUT2D eigenvalue weighted by Gasteiger charge is -2.32. The normalized spacial score (nSPS) is 24.2. The van der Waals surface area contributed by atoms with Gasteiger partial charge in [-0.25, -0.2) is 4.79 Å². The minimum atomic E-state index is 0.0568. The number of nitrogens with two attached hydrogens (primary N) is 1. The van der Waals surface area contributed by atoms with Crippen molar-refractivity contribution in [2.45, 2.75) is 24.9 Å². The van der Waals surface area contributed by atoms with Crippen LogP contribution in [0.3, 0.4) is 0 Å². The highest BCUT2D eigenvalue weighted by Crippen LogP contribution is 2.29. The van der Waals surface area contributed by atoms with E-state index in [0.717, 1.165) is 36.5 Å². The lowest BCUT2D eigenvalue weighted by Crippen LogP contribution is -2.50. The molecule has 0 spiro atoms. The molecule has 2 N–H and O–H groups in total. The molecule has 2 aliphatic rings. The van der Waals surface area contributed by atoms with Crippen LogP contribution in [-0.4, -0.2) is 68.0 Å². The molecule has 2 heterocycles. The van der Waals surface area contributed by atoms with Crippen LogP contribution >= 0.6 is 0 Å². The number of benzene rings is 1. The first kappa shape index (κ1) is 16.6. The van der Waals surface area contributed by atoms with Crippen LogP contribution in [0.5, 0.6) is 0 Å². The maximum atomic E-state index is 12.7. The van der Waals surface area contributed by atoms with Gasteiger partial charge in [-0.3, -0.25) is 4.90 Å². The summed E-state index contributed by atoms with van der Waals surface area (Å²) in [5, 5.41) is 4.04. The number of rotatable bonds is 3. The first-order valence-corrected chi connectivity index (χ1v) is 8.25. The minimum absolute atomic E-state index is 0.0568. The third-order valence-electron chi connectivity index (χ3n) is 4.72. The molecule has 3 rings (SSSR count). The minimum Gasteiger partial charge on any atom is -0.397 e. The van der Waals surface area contributed by atoms with Gasteiger partial charge in [0.15, 0.2) is 5.84 Å². The summed E-state index contributed by atoms with van der Waals surface area (Å²) in [5.41, 5.74) is 8.02. The summed E-state index contributed by atoms with van der Waals surface area (Å²) < 4.78 is 0. The Morgan fingerprint density at radius 1 is 1.33 bits per heavy atom. The topological polar surface area (TPSA) is 74.4 Å². The van der Waals surface area contributed by atoms with Gasteiger partial charge in [0.05, 0.1) is 6.04 Å². The van der Waals surface area contributed by atoms with E-state index in [-0.39, 0.29) is 18.1 Å². The van der Waals surface area contributed by atoms with E-state index in [2.05, 4.69) is 5.16 Å². The molecule has 0 radical (unpaired) electrons. The molecular weight excluding hydrogens is 306 g/mol. The third kappa shape index (κ3) is 2.91. The van der Waals surface area contributed by atoms with Crippen molar-refractivity contribution >= 4 is 17.6 Å². The molecule has 24 heavy (non-hydrogen) atoms. The fraction of sp³-hybridized carbons (Fsp3) is 0.529. The predicted octanol–water partition coefficient (Wildman–Crippen LogP) is 1.29. The van der Waals surface area contributed by atoms with Gasteiger partial charge < -0.3 is 20.4 Å². The second kappa shape index (κ2) is 6.68. The number of anilines is 1. The smallest absolute Gasteiger partial charge is 0.324 e. The summed E-state index contributed by atoms with van der Waals surface area (Å²) in [6.07, 6.45) is 1.97. The zero-order chi connectivity index (χ0) is 17.3. The number of amides is 2. The summed E-state index contributed by atoms with van der Waals surface area (Å²) in [5.74, 6) is 0.733. The lowest BCUT2D eigenvalue weighted by atomic mass is 9.99. The number of urea groups is 1. The van der Waals surface area contributed by atoms with Gasteiger partial charge in [-0.05, 0) is 37.1 Å². The van der Waals surface area contributed by atoms with Crippen LogP contribution in [0, 0.1) is 0 Å². The van der Waals surface area contributed by atoms with Gasteiger partial charge >= 0.3 is 6.03 Å². The highest BCUT2D eigenvalue weighted by atomic mass is 16.6. The molecule has 7 heteroatoms. The van der Waals surface area contributed by atoms with Crippen LogP contribution < -0.4 is 10.6 Å². The van der Waals surface area contributed by atoms with Crippen molar-refractivity contribution in [2.75, 3.05) is 39.2 Å². The lowest BCUT2D eigenvalue weighted by molar-refractivity contribution is 0.175. The molecule has 0 aliphatic carbocycles. The van der Waals surface area contributed by atoms with Crippen LogP contribution in [0.2, 0.25) is 0 Å². The molecular formula is C17H25N5O2. The Hall–Kier alpha value is -2.28. The number of carbonyl (C=O) groups excluding carboxylic acids is 1. The Morgan fingerprint density at radius 2 is 2.04 bits per heavy atom. The molecule has 2 saturated heterocycles. The molecule has 130 valence electrons. The monoisotopic (exact) mass is 331 g/mol. The fourth-order valence-electron chi connectivity index (χ4n) is 3.46. The van der Waals surface area contributed by atoms with Crippen molar-refractivity contribution < 1.29 is 9.63 Å². The number of oxime groups is 1. The van der Waals surface area contributed by atoms with Crippen LogP contribution in [0.25, 0.3) is 0 Å². The Kier molecular flexibility index (Phi) is 4.62. The third-order valence-corrected chi connectivity index (χ3v) is 4.72. The fourth-order valence-corrected chi connectivity index (χ4v) is 3.46. The largest absolute Gasteiger partial charge is 0.397 e. The quantitative estimate of drug-likeness (QED) is 0.514. The van der Waals surface area contributed by atoms with Gasteiger partial charge in [0.1, 0.15) is 7.11 Å². The highest BCUT2D eigenvalue weighted by molar-refractivity contribution is 5.99. The van der Waals surface area contributed by atoms with Gasteiger partial charge in [0.2, 0.25) is 0 Å². The van der Waals surface area contributed by atoms with Gasteiger partial charge in [-0.1, -0.05) is 5.16 Å². The molecule has 0 unspecified atom stereocenters. The van der Waals surface area contributed by atoms with Crippen molar-refractivity contribution in [3.05, 3.63) is 29.8 Å². The molecule has 0 saturated carbocycles. The second-order valence-electron chi connectivity index (χ2n) is 6.50. The van der Waals surface area contributed by atoms with E-state index in [4.69, 9.17) is 10.6 Å². The molecule has 2 fully saturated rings. The number of amidine groups is 1. The van der Waals surface area contributed by atoms with Crippen molar-refractivity contribution in [3.63, 3.8) is 0 Å². The van der Waals surface area contributed by atoms with E-state index < -0.39 is 0 Å². The van der Waals surface area contributed by atoms with E-state index in [1.54, 1.807) is 0 Å². The average Bonchev–Trinajstić information content (AvgIpc) is 2.91. The Balaban J connectivity index is 1.81.